The maximum absolute atomic E-state index is 12.0. The fourth-order valence-electron chi connectivity index (χ4n) is 1.80. The molecule has 0 bridgehead atoms. The summed E-state index contributed by atoms with van der Waals surface area (Å²) in [6, 6.07) is -0.0487. The second-order valence-corrected chi connectivity index (χ2v) is 4.76. The molecule has 2 N–H and O–H groups in total. The van der Waals surface area contributed by atoms with Crippen LogP contribution in [0.1, 0.15) is 0 Å². The Balaban J connectivity index is 1.88. The standard InChI is InChI=1S/C9H16N2O3S/c12-4-7-3-11(1-2-14-7)9(13)8-5-15-6-10-8/h7-8,10,12H,1-6H2. The highest BCUT2D eigenvalue weighted by Crippen LogP contribution is 2.14. The van der Waals surface area contributed by atoms with Gasteiger partial charge in [0.05, 0.1) is 25.4 Å². The van der Waals surface area contributed by atoms with Gasteiger partial charge in [0.15, 0.2) is 0 Å². The fraction of sp³-hybridized carbons (Fsp3) is 0.889. The molecule has 6 heteroatoms. The number of carbonyl (C=O) groups excluding carboxylic acids is 1. The highest BCUT2D eigenvalue weighted by Gasteiger charge is 2.30. The van der Waals surface area contributed by atoms with E-state index >= 15 is 0 Å². The lowest BCUT2D eigenvalue weighted by Crippen LogP contribution is -2.52. The monoisotopic (exact) mass is 232 g/mol. The molecule has 0 spiro atoms. The number of hydrogen-bond donors (Lipinski definition) is 2. The van der Waals surface area contributed by atoms with E-state index in [2.05, 4.69) is 5.32 Å². The summed E-state index contributed by atoms with van der Waals surface area (Å²) < 4.78 is 5.30. The van der Waals surface area contributed by atoms with Crippen molar-refractivity contribution in [2.45, 2.75) is 12.1 Å². The van der Waals surface area contributed by atoms with Crippen molar-refractivity contribution in [2.75, 3.05) is 37.9 Å². The van der Waals surface area contributed by atoms with Gasteiger partial charge in [0, 0.05) is 24.7 Å². The molecule has 2 fully saturated rings. The molecule has 0 aliphatic carbocycles. The first-order valence-electron chi connectivity index (χ1n) is 5.13. The van der Waals surface area contributed by atoms with Gasteiger partial charge in [-0.2, -0.15) is 0 Å². The predicted molar refractivity (Wildman–Crippen MR) is 57.7 cm³/mol. The molecule has 2 unspecified atom stereocenters. The smallest absolute Gasteiger partial charge is 0.240 e. The lowest BCUT2D eigenvalue weighted by atomic mass is 10.2. The van der Waals surface area contributed by atoms with E-state index in [1.165, 1.54) is 0 Å². The summed E-state index contributed by atoms with van der Waals surface area (Å²) in [5.41, 5.74) is 0. The van der Waals surface area contributed by atoms with E-state index < -0.39 is 0 Å². The first-order chi connectivity index (χ1) is 7.31. The number of nitrogens with one attached hydrogen (secondary N) is 1. The van der Waals surface area contributed by atoms with Gasteiger partial charge in [-0.1, -0.05) is 0 Å². The normalized spacial score (nSPS) is 31.9. The first-order valence-corrected chi connectivity index (χ1v) is 6.29. The van der Waals surface area contributed by atoms with Crippen LogP contribution in [-0.4, -0.2) is 66.0 Å². The third-order valence-corrected chi connectivity index (χ3v) is 3.61. The number of aliphatic hydroxyl groups is 1. The van der Waals surface area contributed by atoms with Gasteiger partial charge in [-0.3, -0.25) is 10.1 Å². The summed E-state index contributed by atoms with van der Waals surface area (Å²) in [4.78, 5) is 13.8. The van der Waals surface area contributed by atoms with Crippen LogP contribution in [0.25, 0.3) is 0 Å². The number of hydrogen-bond acceptors (Lipinski definition) is 5. The molecule has 2 saturated heterocycles. The van der Waals surface area contributed by atoms with Crippen LogP contribution in [-0.2, 0) is 9.53 Å². The average molecular weight is 232 g/mol. The molecule has 0 saturated carbocycles. The lowest BCUT2D eigenvalue weighted by molar-refractivity contribution is -0.141. The van der Waals surface area contributed by atoms with Gasteiger partial charge in [-0.05, 0) is 0 Å². The first kappa shape index (κ1) is 11.2. The van der Waals surface area contributed by atoms with E-state index in [0.29, 0.717) is 19.7 Å². The van der Waals surface area contributed by atoms with E-state index in [1.54, 1.807) is 16.7 Å². The fourth-order valence-corrected chi connectivity index (χ4v) is 2.74. The zero-order chi connectivity index (χ0) is 10.7. The SMILES string of the molecule is O=C(C1CSCN1)N1CCOC(CO)C1. The second-order valence-electron chi connectivity index (χ2n) is 3.73. The van der Waals surface area contributed by atoms with Crippen molar-refractivity contribution < 1.29 is 14.6 Å². The van der Waals surface area contributed by atoms with Gasteiger partial charge in [0.2, 0.25) is 5.91 Å². The minimum Gasteiger partial charge on any atom is -0.394 e. The number of carbonyl (C=O) groups is 1. The zero-order valence-corrected chi connectivity index (χ0v) is 9.33. The Morgan fingerprint density at radius 3 is 3.20 bits per heavy atom. The maximum atomic E-state index is 12.0. The molecule has 86 valence electrons. The minimum absolute atomic E-state index is 0.0172. The highest BCUT2D eigenvalue weighted by molar-refractivity contribution is 7.99. The van der Waals surface area contributed by atoms with Gasteiger partial charge in [-0.25, -0.2) is 0 Å². The number of ether oxygens (including phenoxy) is 1. The van der Waals surface area contributed by atoms with Crippen molar-refractivity contribution >= 4 is 17.7 Å². The molecule has 15 heavy (non-hydrogen) atoms. The molecular weight excluding hydrogens is 216 g/mol. The largest absolute Gasteiger partial charge is 0.394 e. The molecular formula is C9H16N2O3S. The van der Waals surface area contributed by atoms with Gasteiger partial charge in [0.1, 0.15) is 0 Å². The molecule has 2 heterocycles. The van der Waals surface area contributed by atoms with Crippen LogP contribution in [0.4, 0.5) is 0 Å². The van der Waals surface area contributed by atoms with E-state index in [0.717, 1.165) is 11.6 Å². The molecule has 0 aromatic heterocycles. The van der Waals surface area contributed by atoms with Crippen LogP contribution in [0, 0.1) is 0 Å². The van der Waals surface area contributed by atoms with Crippen molar-refractivity contribution in [1.82, 2.24) is 10.2 Å². The number of thioether (sulfide) groups is 1. The molecule has 0 radical (unpaired) electrons. The summed E-state index contributed by atoms with van der Waals surface area (Å²) >= 11 is 1.74. The van der Waals surface area contributed by atoms with Crippen molar-refractivity contribution in [1.29, 1.82) is 0 Å². The number of nitrogens with zero attached hydrogens (tertiary/aromatic N) is 1. The minimum atomic E-state index is -0.211. The topological polar surface area (TPSA) is 61.8 Å². The molecule has 2 aliphatic heterocycles. The van der Waals surface area contributed by atoms with Crippen molar-refractivity contribution in [3.63, 3.8) is 0 Å². The Hall–Kier alpha value is -0.300. The number of morpholine rings is 1. The maximum Gasteiger partial charge on any atom is 0.240 e. The van der Waals surface area contributed by atoms with Gasteiger partial charge < -0.3 is 14.7 Å². The molecule has 0 aromatic rings. The third kappa shape index (κ3) is 2.63. The van der Waals surface area contributed by atoms with E-state index in [9.17, 15) is 4.79 Å². The van der Waals surface area contributed by atoms with Crippen LogP contribution in [0.5, 0.6) is 0 Å². The molecule has 5 nitrogen and oxygen atoms in total. The quantitative estimate of drug-likeness (QED) is 0.631. The number of amides is 1. The highest BCUT2D eigenvalue weighted by atomic mass is 32.2. The van der Waals surface area contributed by atoms with Gasteiger partial charge in [-0.15, -0.1) is 11.8 Å². The zero-order valence-electron chi connectivity index (χ0n) is 8.52. The van der Waals surface area contributed by atoms with Crippen LogP contribution >= 0.6 is 11.8 Å². The van der Waals surface area contributed by atoms with Gasteiger partial charge in [0.25, 0.3) is 0 Å². The molecule has 2 atom stereocenters. The van der Waals surface area contributed by atoms with Crippen LogP contribution in [0.15, 0.2) is 0 Å². The number of rotatable bonds is 2. The summed E-state index contributed by atoms with van der Waals surface area (Å²) in [7, 11) is 0. The molecule has 2 rings (SSSR count). The summed E-state index contributed by atoms with van der Waals surface area (Å²) in [6.07, 6.45) is -0.211. The second kappa shape index (κ2) is 5.16. The third-order valence-electron chi connectivity index (χ3n) is 2.67. The Bertz CT molecular complexity index is 233. The van der Waals surface area contributed by atoms with Crippen LogP contribution in [0.3, 0.4) is 0 Å². The van der Waals surface area contributed by atoms with Crippen molar-refractivity contribution in [2.24, 2.45) is 0 Å². The summed E-state index contributed by atoms with van der Waals surface area (Å²) in [6.45, 7) is 1.66. The molecule has 0 aromatic carbocycles. The average Bonchev–Trinajstić information content (AvgIpc) is 2.81. The van der Waals surface area contributed by atoms with E-state index in [-0.39, 0.29) is 24.7 Å². The Labute approximate surface area is 93.1 Å². The lowest BCUT2D eigenvalue weighted by Gasteiger charge is -2.33. The summed E-state index contributed by atoms with van der Waals surface area (Å²) in [5, 5.41) is 12.1. The van der Waals surface area contributed by atoms with E-state index in [4.69, 9.17) is 9.84 Å². The Morgan fingerprint density at radius 1 is 1.67 bits per heavy atom. The van der Waals surface area contributed by atoms with Crippen LogP contribution in [0.2, 0.25) is 0 Å². The number of aliphatic hydroxyl groups excluding tert-OH is 1. The Kier molecular flexibility index (Phi) is 3.85. The molecule has 1 amide bonds. The predicted octanol–water partition coefficient (Wildman–Crippen LogP) is -1.13. The summed E-state index contributed by atoms with van der Waals surface area (Å²) in [5.74, 6) is 1.84. The van der Waals surface area contributed by atoms with Crippen molar-refractivity contribution in [3.05, 3.63) is 0 Å². The van der Waals surface area contributed by atoms with Crippen LogP contribution < -0.4 is 5.32 Å². The Morgan fingerprint density at radius 2 is 2.53 bits per heavy atom. The van der Waals surface area contributed by atoms with Gasteiger partial charge >= 0.3 is 0 Å². The molecule has 2 aliphatic rings. The van der Waals surface area contributed by atoms with E-state index in [1.807, 2.05) is 0 Å². The van der Waals surface area contributed by atoms with Crippen molar-refractivity contribution in [3.8, 4) is 0 Å².